The van der Waals surface area contributed by atoms with Crippen LogP contribution in [0.4, 0.5) is 0 Å². The molecule has 25 heavy (non-hydrogen) atoms. The van der Waals surface area contributed by atoms with E-state index in [-0.39, 0.29) is 18.1 Å². The predicted octanol–water partition coefficient (Wildman–Crippen LogP) is 1.91. The highest BCUT2D eigenvalue weighted by Crippen LogP contribution is 2.15. The van der Waals surface area contributed by atoms with E-state index in [1.165, 1.54) is 5.57 Å². The topological polar surface area (TPSA) is 77.8 Å². The third-order valence-corrected chi connectivity index (χ3v) is 4.22. The zero-order valence-electron chi connectivity index (χ0n) is 14.9. The molecular weight excluding hydrogens is 320 g/mol. The van der Waals surface area contributed by atoms with Crippen LogP contribution in [-0.4, -0.2) is 52.2 Å². The number of allylic oxidation sites excluding steroid dienone is 1. The number of imidazole rings is 1. The maximum atomic E-state index is 12.8. The number of carbonyl (C=O) groups excluding carboxylic acids is 1. The minimum absolute atomic E-state index is 0.0894. The number of nitrogens with one attached hydrogen (secondary N) is 1. The molecule has 0 bridgehead atoms. The van der Waals surface area contributed by atoms with Gasteiger partial charge in [0.2, 0.25) is 5.78 Å². The molecule has 0 spiro atoms. The summed E-state index contributed by atoms with van der Waals surface area (Å²) in [6, 6.07) is 1.69. The summed E-state index contributed by atoms with van der Waals surface area (Å²) in [6.07, 6.45) is 6.04. The van der Waals surface area contributed by atoms with Crippen molar-refractivity contribution < 1.29 is 14.3 Å². The molecule has 0 aromatic carbocycles. The number of aromatic nitrogens is 3. The van der Waals surface area contributed by atoms with Gasteiger partial charge in [0.05, 0.1) is 24.9 Å². The Morgan fingerprint density at radius 2 is 2.36 bits per heavy atom. The third-order valence-electron chi connectivity index (χ3n) is 4.22. The van der Waals surface area contributed by atoms with Gasteiger partial charge in [0, 0.05) is 19.0 Å². The van der Waals surface area contributed by atoms with Crippen LogP contribution < -0.4 is 5.32 Å². The Kier molecular flexibility index (Phi) is 5.45. The molecule has 0 unspecified atom stereocenters. The standard InChI is InChI=1S/C18H24N4O3/c1-12(2)5-10-25-15-11-24-9-6-14(15)21-17(23)16-13(3)20-18-19-7-4-8-22(16)18/h4-5,7-8,14-15H,6,9-11H2,1-3H3,(H,21,23)/t14-,15-/m1/s1. The van der Waals surface area contributed by atoms with Crippen LogP contribution in [0.3, 0.4) is 0 Å². The minimum Gasteiger partial charge on any atom is -0.379 e. The monoisotopic (exact) mass is 344 g/mol. The maximum absolute atomic E-state index is 12.8. The Labute approximate surface area is 147 Å². The average molecular weight is 344 g/mol. The van der Waals surface area contributed by atoms with Gasteiger partial charge in [0.15, 0.2) is 0 Å². The smallest absolute Gasteiger partial charge is 0.270 e. The van der Waals surface area contributed by atoms with Crippen molar-refractivity contribution in [2.75, 3.05) is 19.8 Å². The van der Waals surface area contributed by atoms with Gasteiger partial charge >= 0.3 is 0 Å². The van der Waals surface area contributed by atoms with Crippen LogP contribution in [0.1, 0.15) is 36.5 Å². The van der Waals surface area contributed by atoms with Crippen molar-refractivity contribution in [2.45, 2.75) is 39.3 Å². The van der Waals surface area contributed by atoms with E-state index < -0.39 is 0 Å². The van der Waals surface area contributed by atoms with Gasteiger partial charge in [0.25, 0.3) is 5.91 Å². The quantitative estimate of drug-likeness (QED) is 0.839. The van der Waals surface area contributed by atoms with Crippen molar-refractivity contribution >= 4 is 11.7 Å². The highest BCUT2D eigenvalue weighted by atomic mass is 16.5. The number of ether oxygens (including phenoxy) is 2. The molecule has 1 aliphatic heterocycles. The molecule has 7 nitrogen and oxygen atoms in total. The molecular formula is C18H24N4O3. The van der Waals surface area contributed by atoms with Gasteiger partial charge in [-0.05, 0) is 33.3 Å². The lowest BCUT2D eigenvalue weighted by molar-refractivity contribution is -0.0589. The van der Waals surface area contributed by atoms with Crippen LogP contribution in [0.15, 0.2) is 30.1 Å². The van der Waals surface area contributed by atoms with E-state index in [4.69, 9.17) is 9.47 Å². The second-order valence-corrected chi connectivity index (χ2v) is 6.43. The van der Waals surface area contributed by atoms with Crippen molar-refractivity contribution in [1.82, 2.24) is 19.7 Å². The van der Waals surface area contributed by atoms with Crippen molar-refractivity contribution in [3.8, 4) is 0 Å². The van der Waals surface area contributed by atoms with E-state index in [1.54, 1.807) is 22.9 Å². The zero-order valence-corrected chi connectivity index (χ0v) is 14.9. The first kappa shape index (κ1) is 17.6. The Balaban J connectivity index is 1.73. The first-order valence-corrected chi connectivity index (χ1v) is 8.49. The van der Waals surface area contributed by atoms with Crippen LogP contribution in [0.5, 0.6) is 0 Å². The lowest BCUT2D eigenvalue weighted by Crippen LogP contribution is -2.50. The predicted molar refractivity (Wildman–Crippen MR) is 93.6 cm³/mol. The van der Waals surface area contributed by atoms with Crippen LogP contribution in [-0.2, 0) is 9.47 Å². The third kappa shape index (κ3) is 4.05. The molecule has 2 aromatic rings. The molecule has 2 aromatic heterocycles. The molecule has 2 atom stereocenters. The van der Waals surface area contributed by atoms with Gasteiger partial charge in [-0.3, -0.25) is 9.20 Å². The summed E-state index contributed by atoms with van der Waals surface area (Å²) in [6.45, 7) is 7.48. The molecule has 0 saturated carbocycles. The minimum atomic E-state index is -0.166. The molecule has 1 saturated heterocycles. The van der Waals surface area contributed by atoms with E-state index in [1.807, 2.05) is 26.8 Å². The summed E-state index contributed by atoms with van der Waals surface area (Å²) in [5, 5.41) is 3.09. The number of nitrogens with zero attached hydrogens (tertiary/aromatic N) is 3. The fraction of sp³-hybridized carbons (Fsp3) is 0.500. The Hall–Kier alpha value is -2.25. The molecule has 0 radical (unpaired) electrons. The normalized spacial score (nSPS) is 20.4. The fourth-order valence-corrected chi connectivity index (χ4v) is 2.89. The highest BCUT2D eigenvalue weighted by molar-refractivity contribution is 5.94. The van der Waals surface area contributed by atoms with Crippen molar-refractivity contribution in [1.29, 1.82) is 0 Å². The second kappa shape index (κ2) is 7.76. The summed E-state index contributed by atoms with van der Waals surface area (Å²) in [4.78, 5) is 21.4. The first-order chi connectivity index (χ1) is 12.1. The van der Waals surface area contributed by atoms with Gasteiger partial charge < -0.3 is 14.8 Å². The van der Waals surface area contributed by atoms with Gasteiger partial charge in [-0.1, -0.05) is 11.6 Å². The number of hydrogen-bond acceptors (Lipinski definition) is 5. The molecule has 1 N–H and O–H groups in total. The van der Waals surface area contributed by atoms with Crippen molar-refractivity contribution in [2.24, 2.45) is 0 Å². The van der Waals surface area contributed by atoms with Gasteiger partial charge in [0.1, 0.15) is 11.8 Å². The molecule has 3 rings (SSSR count). The summed E-state index contributed by atoms with van der Waals surface area (Å²) in [5.74, 6) is 0.356. The number of hydrogen-bond donors (Lipinski definition) is 1. The first-order valence-electron chi connectivity index (χ1n) is 8.49. The largest absolute Gasteiger partial charge is 0.379 e. The number of fused-ring (bicyclic) bond motifs is 1. The van der Waals surface area contributed by atoms with Crippen LogP contribution >= 0.6 is 0 Å². The average Bonchev–Trinajstić information content (AvgIpc) is 2.92. The number of aryl methyl sites for hydroxylation is 1. The summed E-state index contributed by atoms with van der Waals surface area (Å²) >= 11 is 0. The molecule has 1 fully saturated rings. The van der Waals surface area contributed by atoms with Crippen molar-refractivity contribution in [3.05, 3.63) is 41.5 Å². The van der Waals surface area contributed by atoms with Crippen molar-refractivity contribution in [3.63, 3.8) is 0 Å². The van der Waals surface area contributed by atoms with Crippen LogP contribution in [0.2, 0.25) is 0 Å². The van der Waals surface area contributed by atoms with E-state index in [9.17, 15) is 4.79 Å². The summed E-state index contributed by atoms with van der Waals surface area (Å²) in [7, 11) is 0. The maximum Gasteiger partial charge on any atom is 0.270 e. The summed E-state index contributed by atoms with van der Waals surface area (Å²) in [5.41, 5.74) is 2.37. The number of carbonyl (C=O) groups is 1. The molecule has 1 aliphatic rings. The Morgan fingerprint density at radius 1 is 1.52 bits per heavy atom. The molecule has 0 aliphatic carbocycles. The second-order valence-electron chi connectivity index (χ2n) is 6.43. The van der Waals surface area contributed by atoms with E-state index in [0.29, 0.717) is 37.0 Å². The molecule has 134 valence electrons. The highest BCUT2D eigenvalue weighted by Gasteiger charge is 2.29. The number of amides is 1. The molecule has 7 heteroatoms. The number of rotatable bonds is 5. The SMILES string of the molecule is CC(C)=CCO[C@@H]1COCC[C@H]1NC(=O)c1c(C)nc2ncccn12. The molecule has 1 amide bonds. The van der Waals surface area contributed by atoms with E-state index in [0.717, 1.165) is 6.42 Å². The lowest BCUT2D eigenvalue weighted by Gasteiger charge is -2.31. The van der Waals surface area contributed by atoms with E-state index >= 15 is 0 Å². The van der Waals surface area contributed by atoms with Crippen LogP contribution in [0, 0.1) is 6.92 Å². The zero-order chi connectivity index (χ0) is 17.8. The van der Waals surface area contributed by atoms with Gasteiger partial charge in [-0.2, -0.15) is 0 Å². The van der Waals surface area contributed by atoms with Gasteiger partial charge in [-0.25, -0.2) is 9.97 Å². The summed E-state index contributed by atoms with van der Waals surface area (Å²) < 4.78 is 13.1. The van der Waals surface area contributed by atoms with Crippen LogP contribution in [0.25, 0.3) is 5.78 Å². The fourth-order valence-electron chi connectivity index (χ4n) is 2.89. The Bertz CT molecular complexity index is 780. The molecule has 3 heterocycles. The lowest BCUT2D eigenvalue weighted by atomic mass is 10.1. The van der Waals surface area contributed by atoms with E-state index in [2.05, 4.69) is 15.3 Å². The van der Waals surface area contributed by atoms with Gasteiger partial charge in [-0.15, -0.1) is 0 Å². The Morgan fingerprint density at radius 3 is 3.16 bits per heavy atom.